The average Bonchev–Trinajstić information content (AvgIpc) is 2.91. The second-order valence-electron chi connectivity index (χ2n) is 5.59. The van der Waals surface area contributed by atoms with Crippen molar-refractivity contribution in [3.8, 4) is 6.07 Å². The van der Waals surface area contributed by atoms with Crippen LogP contribution in [0, 0.1) is 11.3 Å². The molecule has 1 aromatic rings. The molecule has 0 radical (unpaired) electrons. The molecule has 0 unspecified atom stereocenters. The Morgan fingerprint density at radius 3 is 2.70 bits per heavy atom. The van der Waals surface area contributed by atoms with Crippen LogP contribution in [0.25, 0.3) is 0 Å². The van der Waals surface area contributed by atoms with E-state index in [1.54, 1.807) is 0 Å². The van der Waals surface area contributed by atoms with Crippen LogP contribution in [-0.2, 0) is 0 Å². The topological polar surface area (TPSA) is 81.9 Å². The number of amides is 1. The molecule has 1 N–H and O–H groups in total. The summed E-state index contributed by atoms with van der Waals surface area (Å²) in [7, 11) is 2.02. The number of rotatable bonds is 3. The van der Waals surface area contributed by atoms with Gasteiger partial charge in [-0.05, 0) is 37.3 Å². The van der Waals surface area contributed by atoms with Crippen molar-refractivity contribution in [1.29, 1.82) is 5.26 Å². The van der Waals surface area contributed by atoms with Gasteiger partial charge in [-0.25, -0.2) is 0 Å². The molecule has 0 atom stereocenters. The molecule has 2 heterocycles. The zero-order valence-electron chi connectivity index (χ0n) is 12.0. The van der Waals surface area contributed by atoms with Crippen molar-refractivity contribution >= 4 is 17.4 Å². The molecule has 7 heteroatoms. The highest BCUT2D eigenvalue weighted by Crippen LogP contribution is 2.24. The molecule has 6 nitrogen and oxygen atoms in total. The molecule has 1 fully saturated rings. The van der Waals surface area contributed by atoms with E-state index in [1.807, 2.05) is 20.9 Å². The van der Waals surface area contributed by atoms with Gasteiger partial charge < -0.3 is 10.2 Å². The van der Waals surface area contributed by atoms with Crippen LogP contribution in [0.5, 0.6) is 0 Å². The fourth-order valence-corrected chi connectivity index (χ4v) is 2.99. The van der Waals surface area contributed by atoms with E-state index in [9.17, 15) is 10.1 Å². The normalized spacial score (nSPS) is 18.8. The lowest BCUT2D eigenvalue weighted by Gasteiger charge is -2.35. The lowest BCUT2D eigenvalue weighted by Crippen LogP contribution is -2.53. The summed E-state index contributed by atoms with van der Waals surface area (Å²) in [5.41, 5.74) is -0.0597. The van der Waals surface area contributed by atoms with Crippen LogP contribution in [0.1, 0.15) is 48.0 Å². The van der Waals surface area contributed by atoms with Gasteiger partial charge in [0.2, 0.25) is 0 Å². The van der Waals surface area contributed by atoms with Gasteiger partial charge in [0.25, 0.3) is 5.91 Å². The summed E-state index contributed by atoms with van der Waals surface area (Å²) in [6, 6.07) is 2.28. The molecule has 0 aliphatic carbocycles. The van der Waals surface area contributed by atoms with E-state index in [1.165, 1.54) is 0 Å². The molecule has 1 aliphatic rings. The van der Waals surface area contributed by atoms with Gasteiger partial charge in [-0.3, -0.25) is 4.79 Å². The summed E-state index contributed by atoms with van der Waals surface area (Å²) >= 11 is 1.09. The van der Waals surface area contributed by atoms with Crippen LogP contribution >= 0.6 is 11.5 Å². The fraction of sp³-hybridized carbons (Fsp3) is 0.692. The molecule has 0 saturated carbocycles. The van der Waals surface area contributed by atoms with Crippen molar-refractivity contribution in [2.24, 2.45) is 0 Å². The number of hydrogen-bond acceptors (Lipinski definition) is 6. The maximum absolute atomic E-state index is 12.4. The summed E-state index contributed by atoms with van der Waals surface area (Å²) in [5.74, 6) is -0.0835. The minimum Gasteiger partial charge on any atom is -0.333 e. The van der Waals surface area contributed by atoms with Gasteiger partial charge in [-0.15, -0.1) is 5.10 Å². The Bertz CT molecular complexity index is 525. The van der Waals surface area contributed by atoms with Crippen molar-refractivity contribution in [2.75, 3.05) is 20.1 Å². The van der Waals surface area contributed by atoms with E-state index in [4.69, 9.17) is 0 Å². The number of hydrogen-bond donors (Lipinski definition) is 1. The van der Waals surface area contributed by atoms with Gasteiger partial charge in [0, 0.05) is 13.1 Å². The Morgan fingerprint density at radius 2 is 2.15 bits per heavy atom. The molecule has 0 aromatic carbocycles. The third kappa shape index (κ3) is 2.97. The summed E-state index contributed by atoms with van der Waals surface area (Å²) in [6.07, 6.45) is 1.30. The number of nitrogens with zero attached hydrogens (tertiary/aromatic N) is 4. The quantitative estimate of drug-likeness (QED) is 0.910. The summed E-state index contributed by atoms with van der Waals surface area (Å²) < 4.78 is 3.86. The van der Waals surface area contributed by atoms with Crippen LogP contribution in [0.15, 0.2) is 0 Å². The van der Waals surface area contributed by atoms with Crippen molar-refractivity contribution in [3.05, 3.63) is 10.6 Å². The number of nitriles is 1. The first kappa shape index (κ1) is 14.9. The zero-order valence-corrected chi connectivity index (χ0v) is 12.8. The Labute approximate surface area is 122 Å². The molecular weight excluding hydrogens is 274 g/mol. The highest BCUT2D eigenvalue weighted by molar-refractivity contribution is 7.08. The molecule has 1 aromatic heterocycles. The molecule has 0 bridgehead atoms. The third-order valence-corrected chi connectivity index (χ3v) is 4.41. The number of nitrogens with one attached hydrogen (secondary N) is 1. The van der Waals surface area contributed by atoms with E-state index >= 15 is 0 Å². The zero-order chi connectivity index (χ0) is 14.8. The molecular formula is C13H19N5OS. The lowest BCUT2D eigenvalue weighted by molar-refractivity contribution is 0.0884. The van der Waals surface area contributed by atoms with Gasteiger partial charge in [0.1, 0.15) is 10.4 Å². The standard InChI is InChI=1S/C13H19N5OS/c1-9(2)10-11(20-17-16-10)12(19)15-13(8-14)4-6-18(3)7-5-13/h9H,4-7H2,1-3H3,(H,15,19). The number of carbonyl (C=O) groups excluding carboxylic acids is 1. The molecule has 20 heavy (non-hydrogen) atoms. The molecule has 1 aliphatic heterocycles. The highest BCUT2D eigenvalue weighted by Gasteiger charge is 2.36. The Balaban J connectivity index is 2.14. The van der Waals surface area contributed by atoms with Crippen LogP contribution in [0.4, 0.5) is 0 Å². The number of likely N-dealkylation sites (tertiary alicyclic amines) is 1. The minimum absolute atomic E-state index is 0.144. The summed E-state index contributed by atoms with van der Waals surface area (Å²) in [4.78, 5) is 15.1. The van der Waals surface area contributed by atoms with Crippen LogP contribution in [-0.4, -0.2) is 46.1 Å². The smallest absolute Gasteiger partial charge is 0.266 e. The van der Waals surface area contributed by atoms with Crippen molar-refractivity contribution in [1.82, 2.24) is 19.8 Å². The third-order valence-electron chi connectivity index (χ3n) is 3.67. The van der Waals surface area contributed by atoms with Crippen molar-refractivity contribution < 1.29 is 4.79 Å². The predicted molar refractivity (Wildman–Crippen MR) is 76.5 cm³/mol. The van der Waals surface area contributed by atoms with E-state index in [0.717, 1.165) is 24.6 Å². The molecule has 1 amide bonds. The van der Waals surface area contributed by atoms with Crippen molar-refractivity contribution in [3.63, 3.8) is 0 Å². The fourth-order valence-electron chi connectivity index (χ4n) is 2.27. The molecule has 108 valence electrons. The number of carbonyl (C=O) groups is 1. The molecule has 2 rings (SSSR count). The lowest BCUT2D eigenvalue weighted by atomic mass is 9.89. The van der Waals surface area contributed by atoms with Gasteiger partial charge in [0.15, 0.2) is 0 Å². The Morgan fingerprint density at radius 1 is 1.50 bits per heavy atom. The average molecular weight is 293 g/mol. The van der Waals surface area contributed by atoms with E-state index < -0.39 is 5.54 Å². The van der Waals surface area contributed by atoms with Crippen molar-refractivity contribution in [2.45, 2.75) is 38.1 Å². The first-order valence-electron chi connectivity index (χ1n) is 6.72. The van der Waals surface area contributed by atoms with Crippen LogP contribution in [0.2, 0.25) is 0 Å². The highest BCUT2D eigenvalue weighted by atomic mass is 32.1. The monoisotopic (exact) mass is 293 g/mol. The van der Waals surface area contributed by atoms with E-state index in [2.05, 4.69) is 25.9 Å². The van der Waals surface area contributed by atoms with E-state index in [-0.39, 0.29) is 11.8 Å². The second-order valence-corrected chi connectivity index (χ2v) is 6.35. The van der Waals surface area contributed by atoms with Gasteiger partial charge in [-0.1, -0.05) is 18.3 Å². The summed E-state index contributed by atoms with van der Waals surface area (Å²) in [5, 5.41) is 16.4. The minimum atomic E-state index is -0.762. The SMILES string of the molecule is CC(C)c1nnsc1C(=O)NC1(C#N)CCN(C)CC1. The summed E-state index contributed by atoms with van der Waals surface area (Å²) in [6.45, 7) is 5.57. The largest absolute Gasteiger partial charge is 0.333 e. The van der Waals surface area contributed by atoms with Gasteiger partial charge >= 0.3 is 0 Å². The van der Waals surface area contributed by atoms with Gasteiger partial charge in [0.05, 0.1) is 11.8 Å². The first-order valence-corrected chi connectivity index (χ1v) is 7.49. The van der Waals surface area contributed by atoms with Gasteiger partial charge in [-0.2, -0.15) is 5.26 Å². The maximum Gasteiger partial charge on any atom is 0.266 e. The molecule has 0 spiro atoms. The van der Waals surface area contributed by atoms with E-state index in [0.29, 0.717) is 23.4 Å². The maximum atomic E-state index is 12.4. The van der Waals surface area contributed by atoms with Crippen LogP contribution < -0.4 is 5.32 Å². The Kier molecular flexibility index (Phi) is 4.35. The predicted octanol–water partition coefficient (Wildman–Crippen LogP) is 1.38. The first-order chi connectivity index (χ1) is 9.47. The Hall–Kier alpha value is -1.52. The second kappa shape index (κ2) is 5.85. The number of piperidine rings is 1. The molecule has 1 saturated heterocycles. The number of aromatic nitrogens is 2. The van der Waals surface area contributed by atoms with Crippen LogP contribution in [0.3, 0.4) is 0 Å².